The Balaban J connectivity index is 4.11. The van der Waals surface area contributed by atoms with Crippen molar-refractivity contribution in [2.45, 2.75) is 6.04 Å². The summed E-state index contributed by atoms with van der Waals surface area (Å²) in [6.45, 7) is 0. The third-order valence-electron chi connectivity index (χ3n) is 1.05. The number of carbonyl (C=O) groups excluding carboxylic acids is 2. The van der Waals surface area contributed by atoms with Crippen LogP contribution < -0.4 is 5.32 Å². The van der Waals surface area contributed by atoms with Crippen LogP contribution in [0, 0.1) is 12.3 Å². The van der Waals surface area contributed by atoms with E-state index in [1.807, 2.05) is 5.92 Å². The number of nitrogens with one attached hydrogen (secondary N) is 1. The molecule has 1 N–H and O–H groups in total. The van der Waals surface area contributed by atoms with Crippen molar-refractivity contribution in [3.63, 3.8) is 0 Å². The summed E-state index contributed by atoms with van der Waals surface area (Å²) in [5.74, 6) is 1.33. The van der Waals surface area contributed by atoms with E-state index in [1.54, 1.807) is 0 Å². The minimum atomic E-state index is -1.09. The molecular weight excluding hydrogens is 162 g/mol. The first-order valence-electron chi connectivity index (χ1n) is 3.04. The topological polar surface area (TPSA) is 64.6 Å². The molecule has 1 atom stereocenters. The van der Waals surface area contributed by atoms with Gasteiger partial charge in [0.15, 0.2) is 6.04 Å². The molecule has 0 aliphatic heterocycles. The van der Waals surface area contributed by atoms with Gasteiger partial charge in [-0.2, -0.15) is 0 Å². The lowest BCUT2D eigenvalue weighted by molar-refractivity contribution is -0.141. The second-order valence-electron chi connectivity index (χ2n) is 1.76. The van der Waals surface area contributed by atoms with Crippen molar-refractivity contribution in [3.05, 3.63) is 0 Å². The van der Waals surface area contributed by atoms with E-state index in [-0.39, 0.29) is 0 Å². The summed E-state index contributed by atoms with van der Waals surface area (Å²) in [5, 5.41) is 2.10. The highest BCUT2D eigenvalue weighted by molar-refractivity contribution is 5.84. The van der Waals surface area contributed by atoms with Crippen LogP contribution in [-0.2, 0) is 14.3 Å². The van der Waals surface area contributed by atoms with E-state index in [2.05, 4.69) is 14.8 Å². The highest BCUT2D eigenvalue weighted by atomic mass is 16.5. The van der Waals surface area contributed by atoms with Gasteiger partial charge in [0.2, 0.25) is 0 Å². The zero-order valence-corrected chi connectivity index (χ0v) is 6.79. The van der Waals surface area contributed by atoms with Crippen molar-refractivity contribution in [2.75, 3.05) is 14.2 Å². The molecule has 0 aromatic heterocycles. The van der Waals surface area contributed by atoms with Crippen molar-refractivity contribution < 1.29 is 19.1 Å². The van der Waals surface area contributed by atoms with E-state index in [9.17, 15) is 9.59 Å². The normalized spacial score (nSPS) is 10.8. The van der Waals surface area contributed by atoms with Gasteiger partial charge in [0.05, 0.1) is 14.2 Å². The molecule has 0 aromatic rings. The number of ether oxygens (including phenoxy) is 2. The molecule has 5 nitrogen and oxygen atoms in total. The number of rotatable bonds is 2. The molecule has 0 rings (SSSR count). The fourth-order valence-electron chi connectivity index (χ4n) is 0.463. The number of carbonyl (C=O) groups is 2. The van der Waals surface area contributed by atoms with E-state index in [4.69, 9.17) is 6.42 Å². The Morgan fingerprint density at radius 3 is 2.33 bits per heavy atom. The van der Waals surface area contributed by atoms with Gasteiger partial charge in [-0.25, -0.2) is 9.59 Å². The van der Waals surface area contributed by atoms with E-state index in [0.29, 0.717) is 0 Å². The quantitative estimate of drug-likeness (QED) is 0.450. The van der Waals surface area contributed by atoms with Gasteiger partial charge in [-0.3, -0.25) is 5.32 Å². The average Bonchev–Trinajstić information content (AvgIpc) is 2.12. The van der Waals surface area contributed by atoms with Crippen LogP contribution in [0.3, 0.4) is 0 Å². The molecule has 1 unspecified atom stereocenters. The summed E-state index contributed by atoms with van der Waals surface area (Å²) in [7, 11) is 2.34. The Morgan fingerprint density at radius 2 is 2.00 bits per heavy atom. The maximum atomic E-state index is 10.8. The fourth-order valence-corrected chi connectivity index (χ4v) is 0.463. The predicted octanol–water partition coefficient (Wildman–Crippen LogP) is -0.483. The minimum absolute atomic E-state index is 0.706. The van der Waals surface area contributed by atoms with Crippen molar-refractivity contribution in [1.82, 2.24) is 5.32 Å². The number of hydrogen-bond acceptors (Lipinski definition) is 4. The summed E-state index contributed by atoms with van der Waals surface area (Å²) in [6.07, 6.45) is 4.16. The second-order valence-corrected chi connectivity index (χ2v) is 1.76. The van der Waals surface area contributed by atoms with Crippen molar-refractivity contribution in [3.8, 4) is 12.3 Å². The summed E-state index contributed by atoms with van der Waals surface area (Å²) in [4.78, 5) is 21.3. The molecule has 0 aliphatic carbocycles. The third-order valence-corrected chi connectivity index (χ3v) is 1.05. The van der Waals surface area contributed by atoms with Crippen LogP contribution in [0.2, 0.25) is 0 Å². The first kappa shape index (κ1) is 10.3. The lowest BCUT2D eigenvalue weighted by Gasteiger charge is -2.08. The Hall–Kier alpha value is -1.70. The number of hydrogen-bond donors (Lipinski definition) is 1. The molecular formula is C7H9NO4. The smallest absolute Gasteiger partial charge is 0.408 e. The van der Waals surface area contributed by atoms with Crippen LogP contribution in [0.25, 0.3) is 0 Å². The maximum absolute atomic E-state index is 10.8. The molecule has 1 amide bonds. The Morgan fingerprint density at radius 1 is 1.42 bits per heavy atom. The van der Waals surface area contributed by atoms with Gasteiger partial charge in [-0.15, -0.1) is 6.42 Å². The summed E-state index contributed by atoms with van der Waals surface area (Å²) in [5.41, 5.74) is 0. The molecule has 0 spiro atoms. The monoisotopic (exact) mass is 171 g/mol. The zero-order chi connectivity index (χ0) is 9.56. The van der Waals surface area contributed by atoms with Gasteiger partial charge < -0.3 is 9.47 Å². The third kappa shape index (κ3) is 2.92. The molecule has 0 saturated carbocycles. The molecule has 0 aliphatic rings. The number of esters is 1. The Bertz CT molecular complexity index is 218. The van der Waals surface area contributed by atoms with Crippen molar-refractivity contribution in [1.29, 1.82) is 0 Å². The lowest BCUT2D eigenvalue weighted by Crippen LogP contribution is -2.40. The van der Waals surface area contributed by atoms with Crippen LogP contribution in [-0.4, -0.2) is 32.3 Å². The zero-order valence-electron chi connectivity index (χ0n) is 6.79. The highest BCUT2D eigenvalue weighted by Crippen LogP contribution is 1.86. The molecule has 0 aromatic carbocycles. The molecule has 0 saturated heterocycles. The number of methoxy groups -OCH3 is 2. The van der Waals surface area contributed by atoms with Crippen LogP contribution in [0.4, 0.5) is 4.79 Å². The second kappa shape index (κ2) is 5.02. The highest BCUT2D eigenvalue weighted by Gasteiger charge is 2.18. The molecule has 0 fully saturated rings. The maximum Gasteiger partial charge on any atom is 0.408 e. The van der Waals surface area contributed by atoms with Gasteiger partial charge in [0, 0.05) is 0 Å². The number of alkyl carbamates (subject to hydrolysis) is 1. The average molecular weight is 171 g/mol. The lowest BCUT2D eigenvalue weighted by atomic mass is 10.3. The van der Waals surface area contributed by atoms with Gasteiger partial charge >= 0.3 is 12.1 Å². The van der Waals surface area contributed by atoms with Gasteiger partial charge in [-0.1, -0.05) is 5.92 Å². The predicted molar refractivity (Wildman–Crippen MR) is 40.2 cm³/mol. The van der Waals surface area contributed by atoms with Gasteiger partial charge in [0.1, 0.15) is 0 Å². The van der Waals surface area contributed by atoms with Crippen LogP contribution >= 0.6 is 0 Å². The SMILES string of the molecule is C#CC(NC(=O)OC)C(=O)OC. The fraction of sp³-hybridized carbons (Fsp3) is 0.429. The van der Waals surface area contributed by atoms with Crippen LogP contribution in [0.1, 0.15) is 0 Å². The van der Waals surface area contributed by atoms with Crippen molar-refractivity contribution in [2.24, 2.45) is 0 Å². The summed E-state index contributed by atoms with van der Waals surface area (Å²) < 4.78 is 8.52. The van der Waals surface area contributed by atoms with E-state index >= 15 is 0 Å². The largest absolute Gasteiger partial charge is 0.467 e. The Kier molecular flexibility index (Phi) is 4.31. The summed E-state index contributed by atoms with van der Waals surface area (Å²) in [6, 6.07) is -1.09. The van der Waals surface area contributed by atoms with E-state index in [1.165, 1.54) is 14.2 Å². The first-order valence-corrected chi connectivity index (χ1v) is 3.04. The first-order chi connectivity index (χ1) is 5.65. The van der Waals surface area contributed by atoms with E-state index < -0.39 is 18.1 Å². The van der Waals surface area contributed by atoms with Crippen LogP contribution in [0.15, 0.2) is 0 Å². The molecule has 0 radical (unpaired) electrons. The Labute approximate surface area is 70.0 Å². The minimum Gasteiger partial charge on any atom is -0.467 e. The summed E-state index contributed by atoms with van der Waals surface area (Å²) >= 11 is 0. The molecule has 0 heterocycles. The van der Waals surface area contributed by atoms with Crippen LogP contribution in [0.5, 0.6) is 0 Å². The molecule has 12 heavy (non-hydrogen) atoms. The molecule has 5 heteroatoms. The standard InChI is InChI=1S/C7H9NO4/c1-4-5(6(9)11-2)8-7(10)12-3/h1,5H,2-3H3,(H,8,10). The van der Waals surface area contributed by atoms with Crippen molar-refractivity contribution >= 4 is 12.1 Å². The molecule has 0 bridgehead atoms. The number of terminal acetylenes is 1. The molecule has 66 valence electrons. The van der Waals surface area contributed by atoms with Gasteiger partial charge in [0.25, 0.3) is 0 Å². The number of amides is 1. The van der Waals surface area contributed by atoms with E-state index in [0.717, 1.165) is 0 Å². The van der Waals surface area contributed by atoms with Gasteiger partial charge in [-0.05, 0) is 0 Å².